The number of nitrogens with one attached hydrogen (secondary N) is 3. The number of H-pyrrole nitrogens is 1. The van der Waals surface area contributed by atoms with E-state index in [1.807, 2.05) is 0 Å². The lowest BCUT2D eigenvalue weighted by Gasteiger charge is -2.07. The van der Waals surface area contributed by atoms with E-state index in [4.69, 9.17) is 4.74 Å². The minimum absolute atomic E-state index is 0.0433. The van der Waals surface area contributed by atoms with Gasteiger partial charge in [0.1, 0.15) is 0 Å². The highest BCUT2D eigenvalue weighted by Gasteiger charge is 2.13. The molecule has 23 heavy (non-hydrogen) atoms. The topological polar surface area (TPSA) is 113 Å². The van der Waals surface area contributed by atoms with Gasteiger partial charge in [-0.2, -0.15) is 5.10 Å². The maximum Gasteiger partial charge on any atom is 0.309 e. The fourth-order valence-electron chi connectivity index (χ4n) is 2.05. The van der Waals surface area contributed by atoms with Gasteiger partial charge >= 0.3 is 11.8 Å². The minimum atomic E-state index is -0.750. The van der Waals surface area contributed by atoms with Crippen molar-refractivity contribution >= 4 is 22.6 Å². The fourth-order valence-corrected chi connectivity index (χ4v) is 2.05. The van der Waals surface area contributed by atoms with Gasteiger partial charge < -0.3 is 15.4 Å². The van der Waals surface area contributed by atoms with Gasteiger partial charge in [-0.25, -0.2) is 5.10 Å². The molecule has 0 bridgehead atoms. The number of ether oxygens (including phenoxy) is 1. The normalized spacial score (nSPS) is 10.5. The van der Waals surface area contributed by atoms with E-state index in [0.717, 1.165) is 0 Å². The summed E-state index contributed by atoms with van der Waals surface area (Å²) in [6.07, 6.45) is 0.627. The lowest BCUT2D eigenvalue weighted by atomic mass is 10.1. The Morgan fingerprint density at radius 3 is 2.61 bits per heavy atom. The van der Waals surface area contributed by atoms with Crippen molar-refractivity contribution < 1.29 is 14.3 Å². The number of amides is 2. The van der Waals surface area contributed by atoms with Crippen molar-refractivity contribution in [2.45, 2.75) is 13.0 Å². The van der Waals surface area contributed by atoms with Gasteiger partial charge in [-0.05, 0) is 12.5 Å². The van der Waals surface area contributed by atoms with Crippen molar-refractivity contribution in [1.82, 2.24) is 20.8 Å². The number of carbonyl (C=O) groups is 2. The number of rotatable bonds is 6. The van der Waals surface area contributed by atoms with Gasteiger partial charge in [0, 0.05) is 25.6 Å². The van der Waals surface area contributed by atoms with Crippen LogP contribution in [0.2, 0.25) is 0 Å². The van der Waals surface area contributed by atoms with E-state index in [0.29, 0.717) is 36.0 Å². The first kappa shape index (κ1) is 16.6. The predicted octanol–water partition coefficient (Wildman–Crippen LogP) is -0.308. The highest BCUT2D eigenvalue weighted by Crippen LogP contribution is 2.11. The summed E-state index contributed by atoms with van der Waals surface area (Å²) in [7, 11) is 1.57. The maximum absolute atomic E-state index is 11.7. The number of hydrogen-bond acceptors (Lipinski definition) is 5. The first-order valence-electron chi connectivity index (χ1n) is 7.14. The Morgan fingerprint density at radius 1 is 1.17 bits per heavy atom. The molecule has 2 amide bonds. The van der Waals surface area contributed by atoms with Crippen molar-refractivity contribution in [2.75, 3.05) is 20.3 Å². The molecule has 0 spiro atoms. The van der Waals surface area contributed by atoms with Gasteiger partial charge in [-0.15, -0.1) is 0 Å². The van der Waals surface area contributed by atoms with Crippen LogP contribution in [0.1, 0.15) is 12.1 Å². The van der Waals surface area contributed by atoms with Crippen molar-refractivity contribution in [3.05, 3.63) is 40.3 Å². The molecule has 0 aliphatic rings. The van der Waals surface area contributed by atoms with Crippen LogP contribution < -0.4 is 16.2 Å². The van der Waals surface area contributed by atoms with E-state index >= 15 is 0 Å². The number of hydrogen-bond donors (Lipinski definition) is 3. The summed E-state index contributed by atoms with van der Waals surface area (Å²) in [5.41, 5.74) is 0.187. The van der Waals surface area contributed by atoms with Crippen LogP contribution in [-0.4, -0.2) is 42.3 Å². The highest BCUT2D eigenvalue weighted by molar-refractivity contribution is 6.35. The Labute approximate surface area is 132 Å². The van der Waals surface area contributed by atoms with Crippen molar-refractivity contribution in [3.63, 3.8) is 0 Å². The second kappa shape index (κ2) is 8.04. The SMILES string of the molecule is COCCCNC(=O)C(=O)NCc1n[nH]c(=O)c2ccccc12. The average Bonchev–Trinajstić information content (AvgIpc) is 2.58. The van der Waals surface area contributed by atoms with Gasteiger partial charge in [-0.1, -0.05) is 18.2 Å². The molecule has 0 aliphatic carbocycles. The second-order valence-electron chi connectivity index (χ2n) is 4.83. The molecule has 1 heterocycles. The molecule has 0 saturated carbocycles. The molecule has 0 saturated heterocycles. The van der Waals surface area contributed by atoms with E-state index in [2.05, 4.69) is 20.8 Å². The van der Waals surface area contributed by atoms with E-state index in [9.17, 15) is 14.4 Å². The molecule has 0 radical (unpaired) electrons. The van der Waals surface area contributed by atoms with Crippen LogP contribution in [0.5, 0.6) is 0 Å². The Bertz CT molecular complexity index is 756. The summed E-state index contributed by atoms with van der Waals surface area (Å²) in [6.45, 7) is 0.913. The molecule has 122 valence electrons. The molecule has 8 nitrogen and oxygen atoms in total. The summed E-state index contributed by atoms with van der Waals surface area (Å²) in [6, 6.07) is 6.93. The van der Waals surface area contributed by atoms with Crippen molar-refractivity contribution in [2.24, 2.45) is 0 Å². The van der Waals surface area contributed by atoms with E-state index in [1.54, 1.807) is 31.4 Å². The third kappa shape index (κ3) is 4.36. The molecule has 8 heteroatoms. The summed E-state index contributed by atoms with van der Waals surface area (Å²) in [5.74, 6) is -1.46. The van der Waals surface area contributed by atoms with Crippen LogP contribution in [0, 0.1) is 0 Å². The van der Waals surface area contributed by atoms with E-state index in [1.165, 1.54) is 0 Å². The summed E-state index contributed by atoms with van der Waals surface area (Å²) < 4.78 is 4.85. The monoisotopic (exact) mass is 318 g/mol. The standard InChI is InChI=1S/C15H18N4O4/c1-23-8-4-7-16-14(21)15(22)17-9-12-10-5-2-3-6-11(10)13(20)19-18-12/h2-3,5-6H,4,7-9H2,1H3,(H,16,21)(H,17,22)(H,19,20). The van der Waals surface area contributed by atoms with Gasteiger partial charge in [0.15, 0.2) is 0 Å². The predicted molar refractivity (Wildman–Crippen MR) is 83.7 cm³/mol. The van der Waals surface area contributed by atoms with Crippen molar-refractivity contribution in [3.8, 4) is 0 Å². The number of aromatic nitrogens is 2. The lowest BCUT2D eigenvalue weighted by Crippen LogP contribution is -2.40. The van der Waals surface area contributed by atoms with Crippen LogP contribution in [-0.2, 0) is 20.9 Å². The second-order valence-corrected chi connectivity index (χ2v) is 4.83. The van der Waals surface area contributed by atoms with Crippen molar-refractivity contribution in [1.29, 1.82) is 0 Å². The first-order chi connectivity index (χ1) is 11.1. The van der Waals surface area contributed by atoms with Crippen LogP contribution in [0.25, 0.3) is 10.8 Å². The maximum atomic E-state index is 11.7. The minimum Gasteiger partial charge on any atom is -0.385 e. The van der Waals surface area contributed by atoms with Gasteiger partial charge in [0.2, 0.25) is 0 Å². The molecule has 1 aromatic heterocycles. The molecule has 0 fully saturated rings. The van der Waals surface area contributed by atoms with Gasteiger partial charge in [-0.3, -0.25) is 14.4 Å². The zero-order chi connectivity index (χ0) is 16.7. The lowest BCUT2D eigenvalue weighted by molar-refractivity contribution is -0.139. The Morgan fingerprint density at radius 2 is 1.87 bits per heavy atom. The zero-order valence-electron chi connectivity index (χ0n) is 12.7. The molecule has 2 rings (SSSR count). The van der Waals surface area contributed by atoms with Crippen LogP contribution in [0.3, 0.4) is 0 Å². The Kier molecular flexibility index (Phi) is 5.81. The summed E-state index contributed by atoms with van der Waals surface area (Å²) in [4.78, 5) is 35.0. The number of benzene rings is 1. The molecular formula is C15H18N4O4. The highest BCUT2D eigenvalue weighted by atomic mass is 16.5. The average molecular weight is 318 g/mol. The number of fused-ring (bicyclic) bond motifs is 1. The molecule has 3 N–H and O–H groups in total. The van der Waals surface area contributed by atoms with E-state index < -0.39 is 11.8 Å². The number of methoxy groups -OCH3 is 1. The third-order valence-electron chi connectivity index (χ3n) is 3.21. The van der Waals surface area contributed by atoms with Gasteiger partial charge in [0.05, 0.1) is 17.6 Å². The Balaban J connectivity index is 1.96. The fraction of sp³-hybridized carbons (Fsp3) is 0.333. The largest absolute Gasteiger partial charge is 0.385 e. The molecule has 0 unspecified atom stereocenters. The molecule has 2 aromatic rings. The number of aromatic amines is 1. The third-order valence-corrected chi connectivity index (χ3v) is 3.21. The number of carbonyl (C=O) groups excluding carboxylic acids is 2. The zero-order valence-corrected chi connectivity index (χ0v) is 12.7. The summed E-state index contributed by atoms with van der Waals surface area (Å²) >= 11 is 0. The quantitative estimate of drug-likeness (QED) is 0.499. The van der Waals surface area contributed by atoms with Crippen LogP contribution in [0.15, 0.2) is 29.1 Å². The smallest absolute Gasteiger partial charge is 0.309 e. The van der Waals surface area contributed by atoms with Crippen LogP contribution >= 0.6 is 0 Å². The van der Waals surface area contributed by atoms with Crippen LogP contribution in [0.4, 0.5) is 0 Å². The molecule has 0 atom stereocenters. The van der Waals surface area contributed by atoms with Gasteiger partial charge in [0.25, 0.3) is 5.56 Å². The first-order valence-corrected chi connectivity index (χ1v) is 7.14. The molecule has 0 aliphatic heterocycles. The van der Waals surface area contributed by atoms with E-state index in [-0.39, 0.29) is 12.1 Å². The molecular weight excluding hydrogens is 300 g/mol. The number of nitrogens with zero attached hydrogens (tertiary/aromatic N) is 1. The molecule has 1 aromatic carbocycles. The Hall–Kier alpha value is -2.74. The summed E-state index contributed by atoms with van der Waals surface area (Å²) in [5, 5.41) is 12.4.